The fraction of sp³-hybridized carbons (Fsp3) is 0.643. The number of hydrogen-bond donors (Lipinski definition) is 0. The smallest absolute Gasteiger partial charge is 0.265 e. The van der Waals surface area contributed by atoms with Crippen LogP contribution in [0.4, 0.5) is 5.95 Å². The molecular formula is C14H22N6O. The van der Waals surface area contributed by atoms with Gasteiger partial charge < -0.3 is 9.42 Å². The third-order valence-corrected chi connectivity index (χ3v) is 4.08. The summed E-state index contributed by atoms with van der Waals surface area (Å²) < 4.78 is 7.33. The van der Waals surface area contributed by atoms with Gasteiger partial charge in [0.1, 0.15) is 0 Å². The highest BCUT2D eigenvalue weighted by atomic mass is 16.5. The standard InChI is InChI=1S/C14H22N6O/c1-18(2)14-16-13(21-17-14)11-5-8-20(9-6-11)10-12-4-7-15-19(12)3/h4,7,11H,5-6,8-10H2,1-3H3. The molecule has 1 saturated heterocycles. The molecule has 3 heterocycles. The number of hydrogen-bond acceptors (Lipinski definition) is 6. The molecule has 2 aromatic heterocycles. The van der Waals surface area contributed by atoms with Crippen molar-refractivity contribution in [2.75, 3.05) is 32.1 Å². The molecule has 0 radical (unpaired) electrons. The molecule has 3 rings (SSSR count). The van der Waals surface area contributed by atoms with Gasteiger partial charge in [-0.3, -0.25) is 9.58 Å². The van der Waals surface area contributed by atoms with Gasteiger partial charge in [-0.2, -0.15) is 10.1 Å². The first-order valence-corrected chi connectivity index (χ1v) is 7.33. The minimum Gasteiger partial charge on any atom is -0.344 e. The maximum absolute atomic E-state index is 5.39. The van der Waals surface area contributed by atoms with Gasteiger partial charge in [-0.05, 0) is 37.2 Å². The van der Waals surface area contributed by atoms with Crippen molar-refractivity contribution in [1.82, 2.24) is 24.8 Å². The maximum Gasteiger partial charge on any atom is 0.265 e. The van der Waals surface area contributed by atoms with E-state index < -0.39 is 0 Å². The number of piperidine rings is 1. The highest BCUT2D eigenvalue weighted by Crippen LogP contribution is 2.28. The third kappa shape index (κ3) is 3.07. The predicted molar refractivity (Wildman–Crippen MR) is 79.1 cm³/mol. The normalized spacial score (nSPS) is 17.3. The number of nitrogens with zero attached hydrogens (tertiary/aromatic N) is 6. The molecule has 0 bridgehead atoms. The van der Waals surface area contributed by atoms with E-state index in [0.717, 1.165) is 38.4 Å². The predicted octanol–water partition coefficient (Wildman–Crippen LogP) is 1.25. The van der Waals surface area contributed by atoms with E-state index in [0.29, 0.717) is 11.9 Å². The van der Waals surface area contributed by atoms with E-state index in [1.54, 1.807) is 0 Å². The summed E-state index contributed by atoms with van der Waals surface area (Å²) in [5.74, 6) is 1.81. The summed E-state index contributed by atoms with van der Waals surface area (Å²) in [6, 6.07) is 2.08. The lowest BCUT2D eigenvalue weighted by molar-refractivity contribution is 0.184. The van der Waals surface area contributed by atoms with Gasteiger partial charge in [0.05, 0.1) is 5.69 Å². The second-order valence-corrected chi connectivity index (χ2v) is 5.82. The first kappa shape index (κ1) is 14.1. The van der Waals surface area contributed by atoms with Crippen LogP contribution >= 0.6 is 0 Å². The van der Waals surface area contributed by atoms with Crippen molar-refractivity contribution in [2.24, 2.45) is 7.05 Å². The third-order valence-electron chi connectivity index (χ3n) is 4.08. The Morgan fingerprint density at radius 1 is 1.33 bits per heavy atom. The average Bonchev–Trinajstić information content (AvgIpc) is 3.10. The topological polar surface area (TPSA) is 63.2 Å². The van der Waals surface area contributed by atoms with Crippen molar-refractivity contribution in [2.45, 2.75) is 25.3 Å². The van der Waals surface area contributed by atoms with Crippen LogP contribution in [0.2, 0.25) is 0 Å². The van der Waals surface area contributed by atoms with Crippen LogP contribution in [0.5, 0.6) is 0 Å². The average molecular weight is 290 g/mol. The van der Waals surface area contributed by atoms with Crippen LogP contribution in [0.1, 0.15) is 30.3 Å². The van der Waals surface area contributed by atoms with E-state index in [2.05, 4.69) is 26.2 Å². The summed E-state index contributed by atoms with van der Waals surface area (Å²) in [6.45, 7) is 3.06. The Hall–Kier alpha value is -1.89. The van der Waals surface area contributed by atoms with E-state index in [4.69, 9.17) is 4.52 Å². The van der Waals surface area contributed by atoms with Crippen LogP contribution in [0.25, 0.3) is 0 Å². The van der Waals surface area contributed by atoms with Crippen molar-refractivity contribution in [3.05, 3.63) is 23.8 Å². The first-order chi connectivity index (χ1) is 10.1. The summed E-state index contributed by atoms with van der Waals surface area (Å²) in [5.41, 5.74) is 1.25. The van der Waals surface area contributed by atoms with Crippen molar-refractivity contribution in [1.29, 1.82) is 0 Å². The van der Waals surface area contributed by atoms with Gasteiger partial charge in [-0.15, -0.1) is 0 Å². The minimum absolute atomic E-state index is 0.383. The number of rotatable bonds is 4. The summed E-state index contributed by atoms with van der Waals surface area (Å²) in [4.78, 5) is 8.78. The Morgan fingerprint density at radius 3 is 2.67 bits per heavy atom. The van der Waals surface area contributed by atoms with Gasteiger partial charge in [0.15, 0.2) is 0 Å². The molecule has 0 unspecified atom stereocenters. The second kappa shape index (κ2) is 5.85. The van der Waals surface area contributed by atoms with Crippen molar-refractivity contribution < 1.29 is 4.52 Å². The zero-order valence-electron chi connectivity index (χ0n) is 12.9. The molecule has 0 aliphatic carbocycles. The van der Waals surface area contributed by atoms with Crippen molar-refractivity contribution in [3.8, 4) is 0 Å². The molecular weight excluding hydrogens is 268 g/mol. The molecule has 0 atom stereocenters. The largest absolute Gasteiger partial charge is 0.344 e. The molecule has 1 aliphatic rings. The highest BCUT2D eigenvalue weighted by molar-refractivity contribution is 5.24. The SMILES string of the molecule is CN(C)c1noc(C2CCN(Cc3ccnn3C)CC2)n1. The van der Waals surface area contributed by atoms with E-state index >= 15 is 0 Å². The summed E-state index contributed by atoms with van der Waals surface area (Å²) in [7, 11) is 5.83. The zero-order chi connectivity index (χ0) is 14.8. The fourth-order valence-corrected chi connectivity index (χ4v) is 2.70. The minimum atomic E-state index is 0.383. The fourth-order valence-electron chi connectivity index (χ4n) is 2.70. The van der Waals surface area contributed by atoms with Crippen LogP contribution in [0, 0.1) is 0 Å². The van der Waals surface area contributed by atoms with E-state index in [1.807, 2.05) is 36.9 Å². The quantitative estimate of drug-likeness (QED) is 0.844. The Labute approximate surface area is 124 Å². The molecule has 1 fully saturated rings. The molecule has 7 nitrogen and oxygen atoms in total. The molecule has 7 heteroatoms. The summed E-state index contributed by atoms with van der Waals surface area (Å²) in [5, 5.41) is 8.21. The number of aromatic nitrogens is 4. The Morgan fingerprint density at radius 2 is 2.10 bits per heavy atom. The Bertz CT molecular complexity index is 582. The lowest BCUT2D eigenvalue weighted by Gasteiger charge is -2.30. The molecule has 0 saturated carbocycles. The molecule has 0 aromatic carbocycles. The van der Waals surface area contributed by atoms with Crippen molar-refractivity contribution in [3.63, 3.8) is 0 Å². The van der Waals surface area contributed by atoms with Crippen LogP contribution in [-0.4, -0.2) is 52.0 Å². The second-order valence-electron chi connectivity index (χ2n) is 5.82. The van der Waals surface area contributed by atoms with Crippen LogP contribution in [-0.2, 0) is 13.6 Å². The lowest BCUT2D eigenvalue weighted by atomic mass is 9.97. The summed E-state index contributed by atoms with van der Waals surface area (Å²) >= 11 is 0. The first-order valence-electron chi connectivity index (χ1n) is 7.33. The van der Waals surface area contributed by atoms with E-state index in [1.165, 1.54) is 5.69 Å². The van der Waals surface area contributed by atoms with Gasteiger partial charge in [0, 0.05) is 39.8 Å². The number of likely N-dealkylation sites (tertiary alicyclic amines) is 1. The van der Waals surface area contributed by atoms with Crippen LogP contribution < -0.4 is 4.90 Å². The van der Waals surface area contributed by atoms with E-state index in [9.17, 15) is 0 Å². The number of anilines is 1. The molecule has 0 N–H and O–H groups in total. The monoisotopic (exact) mass is 290 g/mol. The van der Waals surface area contributed by atoms with Crippen molar-refractivity contribution >= 4 is 5.95 Å². The molecule has 114 valence electrons. The molecule has 21 heavy (non-hydrogen) atoms. The number of aryl methyl sites for hydroxylation is 1. The Balaban J connectivity index is 1.56. The molecule has 0 amide bonds. The van der Waals surface area contributed by atoms with Gasteiger partial charge >= 0.3 is 0 Å². The highest BCUT2D eigenvalue weighted by Gasteiger charge is 2.25. The van der Waals surface area contributed by atoms with Gasteiger partial charge in [0.2, 0.25) is 5.89 Å². The maximum atomic E-state index is 5.39. The van der Waals surface area contributed by atoms with Gasteiger partial charge in [-0.25, -0.2) is 0 Å². The molecule has 0 spiro atoms. The lowest BCUT2D eigenvalue weighted by Crippen LogP contribution is -2.33. The van der Waals surface area contributed by atoms with Crippen LogP contribution in [0.3, 0.4) is 0 Å². The molecule has 2 aromatic rings. The van der Waals surface area contributed by atoms with E-state index in [-0.39, 0.29) is 0 Å². The Kier molecular flexibility index (Phi) is 3.92. The summed E-state index contributed by atoms with van der Waals surface area (Å²) in [6.07, 6.45) is 3.98. The van der Waals surface area contributed by atoms with Crippen LogP contribution in [0.15, 0.2) is 16.8 Å². The van der Waals surface area contributed by atoms with Gasteiger partial charge in [-0.1, -0.05) is 0 Å². The molecule has 1 aliphatic heterocycles. The van der Waals surface area contributed by atoms with Gasteiger partial charge in [0.25, 0.3) is 5.95 Å². The zero-order valence-corrected chi connectivity index (χ0v) is 12.9.